The highest BCUT2D eigenvalue weighted by atomic mass is 19.4. The first-order valence-corrected chi connectivity index (χ1v) is 11.2. The molecule has 0 aliphatic heterocycles. The van der Waals surface area contributed by atoms with E-state index < -0.39 is 59.0 Å². The topological polar surface area (TPSA) is 81.2 Å². The Morgan fingerprint density at radius 2 is 1.46 bits per heavy atom. The minimum absolute atomic E-state index is 0.0115. The molecule has 4 aromatic rings. The van der Waals surface area contributed by atoms with Gasteiger partial charge in [-0.2, -0.15) is 39.5 Å². The van der Waals surface area contributed by atoms with Crippen molar-refractivity contribution in [3.63, 3.8) is 0 Å². The fourth-order valence-corrected chi connectivity index (χ4v) is 3.78. The molecule has 0 radical (unpaired) electrons. The van der Waals surface area contributed by atoms with Crippen LogP contribution in [0.1, 0.15) is 38.8 Å². The number of halogens is 9. The first kappa shape index (κ1) is 29.3. The fourth-order valence-electron chi connectivity index (χ4n) is 3.78. The lowest BCUT2D eigenvalue weighted by molar-refractivity contribution is -0.189. The summed E-state index contributed by atoms with van der Waals surface area (Å²) in [6, 6.07) is 7.19. The van der Waals surface area contributed by atoms with Crippen molar-refractivity contribution in [3.8, 4) is 5.75 Å². The van der Waals surface area contributed by atoms with Crippen LogP contribution in [0.15, 0.2) is 73.1 Å². The second-order valence-corrected chi connectivity index (χ2v) is 8.39. The van der Waals surface area contributed by atoms with Crippen LogP contribution in [0.25, 0.3) is 10.9 Å². The smallest absolute Gasteiger partial charge is 0.419 e. The lowest BCUT2D eigenvalue weighted by atomic mass is 9.97. The minimum Gasteiger partial charge on any atom is -0.419 e. The van der Waals surface area contributed by atoms with Crippen LogP contribution >= 0.6 is 0 Å². The second-order valence-electron chi connectivity index (χ2n) is 8.39. The van der Waals surface area contributed by atoms with Gasteiger partial charge in [0.05, 0.1) is 28.4 Å². The number of carbonyl (C=O) groups is 2. The van der Waals surface area contributed by atoms with Gasteiger partial charge in [0.2, 0.25) is 0 Å². The van der Waals surface area contributed by atoms with Crippen molar-refractivity contribution in [1.82, 2.24) is 15.3 Å². The summed E-state index contributed by atoms with van der Waals surface area (Å²) in [5.74, 6) is -4.22. The van der Waals surface area contributed by atoms with Crippen LogP contribution in [0.3, 0.4) is 0 Å². The number of hydrogen-bond acceptors (Lipinski definition) is 5. The number of hydrogen-bond donors (Lipinski definition) is 1. The number of nitrogens with zero attached hydrogens (tertiary/aromatic N) is 2. The van der Waals surface area contributed by atoms with Gasteiger partial charge in [0.25, 0.3) is 5.91 Å². The molecule has 0 fully saturated rings. The Kier molecular flexibility index (Phi) is 7.65. The summed E-state index contributed by atoms with van der Waals surface area (Å²) in [4.78, 5) is 32.2. The first-order chi connectivity index (χ1) is 19.1. The normalized spacial score (nSPS) is 13.1. The molecule has 0 saturated carbocycles. The number of carbonyl (C=O) groups excluding carboxylic acids is 2. The third kappa shape index (κ3) is 6.56. The molecule has 0 aliphatic rings. The van der Waals surface area contributed by atoms with Crippen molar-refractivity contribution < 1.29 is 53.8 Å². The maximum absolute atomic E-state index is 13.8. The third-order valence-corrected chi connectivity index (χ3v) is 5.66. The van der Waals surface area contributed by atoms with Gasteiger partial charge in [-0.05, 0) is 54.1 Å². The Labute approximate surface area is 223 Å². The second kappa shape index (κ2) is 10.7. The molecule has 2 aromatic carbocycles. The molecule has 4 rings (SSSR count). The van der Waals surface area contributed by atoms with Crippen LogP contribution in [0.2, 0.25) is 0 Å². The number of amides is 1. The molecule has 2 heterocycles. The third-order valence-electron chi connectivity index (χ3n) is 5.66. The maximum atomic E-state index is 13.8. The highest BCUT2D eigenvalue weighted by Gasteiger charge is 2.42. The molecule has 2 aromatic heterocycles. The minimum atomic E-state index is -5.33. The molecule has 1 N–H and O–H groups in total. The van der Waals surface area contributed by atoms with Crippen LogP contribution in [0.5, 0.6) is 5.75 Å². The molecule has 0 aliphatic carbocycles. The van der Waals surface area contributed by atoms with E-state index in [4.69, 9.17) is 0 Å². The molecule has 1 amide bonds. The van der Waals surface area contributed by atoms with Gasteiger partial charge in [-0.3, -0.25) is 14.8 Å². The Bertz CT molecular complexity index is 1600. The summed E-state index contributed by atoms with van der Waals surface area (Å²) in [6.07, 6.45) is -13.0. The van der Waals surface area contributed by atoms with Crippen molar-refractivity contribution in [2.75, 3.05) is 0 Å². The van der Waals surface area contributed by atoms with Gasteiger partial charge in [0, 0.05) is 23.3 Å². The van der Waals surface area contributed by atoms with Crippen molar-refractivity contribution in [2.45, 2.75) is 24.6 Å². The number of pyridine rings is 2. The van der Waals surface area contributed by atoms with E-state index in [9.17, 15) is 49.1 Å². The van der Waals surface area contributed by atoms with Gasteiger partial charge in [-0.15, -0.1) is 0 Å². The van der Waals surface area contributed by atoms with Gasteiger partial charge in [-0.1, -0.05) is 12.1 Å². The predicted molar refractivity (Wildman–Crippen MR) is 123 cm³/mol. The van der Waals surface area contributed by atoms with E-state index in [0.717, 1.165) is 48.8 Å². The van der Waals surface area contributed by atoms with Crippen LogP contribution in [0.4, 0.5) is 39.5 Å². The quantitative estimate of drug-likeness (QED) is 0.209. The Balaban J connectivity index is 1.76. The van der Waals surface area contributed by atoms with Crippen LogP contribution < -0.4 is 10.1 Å². The number of fused-ring (bicyclic) bond motifs is 1. The van der Waals surface area contributed by atoms with Crippen LogP contribution in [-0.2, 0) is 17.1 Å². The zero-order valence-electron chi connectivity index (χ0n) is 20.0. The molecule has 0 bridgehead atoms. The van der Waals surface area contributed by atoms with Gasteiger partial charge in [0.1, 0.15) is 5.75 Å². The molecule has 6 nitrogen and oxygen atoms in total. The first-order valence-electron chi connectivity index (χ1n) is 11.2. The van der Waals surface area contributed by atoms with Gasteiger partial charge in [-0.25, -0.2) is 4.79 Å². The predicted octanol–water partition coefficient (Wildman–Crippen LogP) is 6.65. The van der Waals surface area contributed by atoms with Crippen molar-refractivity contribution in [1.29, 1.82) is 0 Å². The molecule has 0 spiro atoms. The standard InChI is InChI=1S/C26H14F9N3O3/c27-24(28,29)15-6-3-13(4-7-15)20(21-17(25(30,31)32)2-1-10-37-21)38-22(39)14-5-8-18-16(12-14)19(9-11-36-18)41-23(40)26(33,34)35/h1-12,20H,(H,38,39). The van der Waals surface area contributed by atoms with E-state index in [1.54, 1.807) is 0 Å². The number of benzene rings is 2. The van der Waals surface area contributed by atoms with E-state index in [2.05, 4.69) is 20.0 Å². The fraction of sp³-hybridized carbons (Fsp3) is 0.154. The lowest BCUT2D eigenvalue weighted by Gasteiger charge is -2.23. The van der Waals surface area contributed by atoms with E-state index >= 15 is 0 Å². The molecule has 0 saturated heterocycles. The number of nitrogens with one attached hydrogen (secondary N) is 1. The summed E-state index contributed by atoms with van der Waals surface area (Å²) in [6.45, 7) is 0. The number of ether oxygens (including phenoxy) is 1. The summed E-state index contributed by atoms with van der Waals surface area (Å²) >= 11 is 0. The molecule has 1 atom stereocenters. The Morgan fingerprint density at radius 3 is 2.07 bits per heavy atom. The Hall–Kier alpha value is -4.69. The average Bonchev–Trinajstić information content (AvgIpc) is 2.90. The number of rotatable bonds is 5. The highest BCUT2D eigenvalue weighted by Crippen LogP contribution is 2.37. The van der Waals surface area contributed by atoms with E-state index in [1.165, 1.54) is 6.07 Å². The molecule has 214 valence electrons. The summed E-state index contributed by atoms with van der Waals surface area (Å²) in [5.41, 5.74) is -3.57. The Morgan fingerprint density at radius 1 is 0.780 bits per heavy atom. The lowest BCUT2D eigenvalue weighted by Crippen LogP contribution is -2.31. The molecular formula is C26H14F9N3O3. The van der Waals surface area contributed by atoms with Gasteiger partial charge >= 0.3 is 24.5 Å². The zero-order valence-corrected chi connectivity index (χ0v) is 20.0. The van der Waals surface area contributed by atoms with Crippen molar-refractivity contribution in [2.24, 2.45) is 0 Å². The number of esters is 1. The SMILES string of the molecule is O=C(NC(c1ccc(C(F)(F)F)cc1)c1ncccc1C(F)(F)F)c1ccc2nccc(OC(=O)C(F)(F)F)c2c1. The van der Waals surface area contributed by atoms with Crippen LogP contribution in [-0.4, -0.2) is 28.0 Å². The monoisotopic (exact) mass is 587 g/mol. The zero-order chi connectivity index (χ0) is 30.2. The molecule has 1 unspecified atom stereocenters. The van der Waals surface area contributed by atoms with Gasteiger partial charge in [0.15, 0.2) is 0 Å². The van der Waals surface area contributed by atoms with Crippen LogP contribution in [0, 0.1) is 0 Å². The van der Waals surface area contributed by atoms with Crippen molar-refractivity contribution >= 4 is 22.8 Å². The summed E-state index contributed by atoms with van der Waals surface area (Å²) in [7, 11) is 0. The average molecular weight is 587 g/mol. The largest absolute Gasteiger partial charge is 0.491 e. The summed E-state index contributed by atoms with van der Waals surface area (Å²) < 4.78 is 123. The maximum Gasteiger partial charge on any atom is 0.491 e. The van der Waals surface area contributed by atoms with E-state index in [-0.39, 0.29) is 22.0 Å². The van der Waals surface area contributed by atoms with E-state index in [0.29, 0.717) is 18.2 Å². The molecule has 41 heavy (non-hydrogen) atoms. The number of alkyl halides is 9. The number of aromatic nitrogens is 2. The molecule has 15 heteroatoms. The highest BCUT2D eigenvalue weighted by molar-refractivity contribution is 6.00. The molecular weight excluding hydrogens is 573 g/mol. The van der Waals surface area contributed by atoms with Gasteiger partial charge < -0.3 is 10.1 Å². The summed E-state index contributed by atoms with van der Waals surface area (Å²) in [5, 5.41) is 2.08. The van der Waals surface area contributed by atoms with E-state index in [1.807, 2.05) is 0 Å². The van der Waals surface area contributed by atoms with Crippen molar-refractivity contribution in [3.05, 3.63) is 101 Å².